The molecule has 2 heteroatoms. The van der Waals surface area contributed by atoms with E-state index in [2.05, 4.69) is 127 Å². The molecule has 0 amide bonds. The van der Waals surface area contributed by atoms with Crippen LogP contribution in [-0.4, -0.2) is 21.1 Å². The Balaban J connectivity index is 0.00000110. The van der Waals surface area contributed by atoms with E-state index in [0.717, 1.165) is 0 Å². The van der Waals surface area contributed by atoms with E-state index in [9.17, 15) is 0 Å². The average molecular weight is 645 g/mol. The van der Waals surface area contributed by atoms with Gasteiger partial charge in [-0.15, -0.1) is 13.2 Å². The van der Waals surface area contributed by atoms with Crippen molar-refractivity contribution in [3.63, 3.8) is 0 Å². The number of aryl methyl sites for hydroxylation is 3. The van der Waals surface area contributed by atoms with Gasteiger partial charge in [-0.1, -0.05) is 35.9 Å². The summed E-state index contributed by atoms with van der Waals surface area (Å²) in [5.74, 6) is 0. The van der Waals surface area contributed by atoms with E-state index < -0.39 is 21.1 Å². The first kappa shape index (κ1) is 35.7. The van der Waals surface area contributed by atoms with Crippen LogP contribution >= 0.6 is 0 Å². The number of hydrogen-bond donors (Lipinski definition) is 0. The molecule has 0 aliphatic rings. The number of benzene rings is 3. The van der Waals surface area contributed by atoms with Crippen molar-refractivity contribution in [1.29, 1.82) is 0 Å². The van der Waals surface area contributed by atoms with Gasteiger partial charge in [0, 0.05) is 0 Å². The summed E-state index contributed by atoms with van der Waals surface area (Å²) < 4.78 is 3.40. The van der Waals surface area contributed by atoms with Crippen molar-refractivity contribution in [2.24, 2.45) is 0 Å². The molecule has 3 rings (SSSR count). The zero-order valence-corrected chi connectivity index (χ0v) is 29.8. The smallest absolute Gasteiger partial charge is 0.0622 e. The molecule has 3 aromatic rings. The van der Waals surface area contributed by atoms with Crippen molar-refractivity contribution in [2.75, 3.05) is 0 Å². The third-order valence-corrected chi connectivity index (χ3v) is 12.2. The van der Waals surface area contributed by atoms with Gasteiger partial charge >= 0.3 is 196 Å². The standard InChI is InChI=1S/2C13H19.C7H8.C2H4.Fe.Sn/c2*1-9-7-12(13(4,5)6)8-10(2)11(9)3;1-7-5-3-2-4-6-7;1-2;;/h2*7H,1-6H3;2-6H,1H3;1-2H2;;/q;;;;+6;. The molecule has 0 atom stereocenters. The van der Waals surface area contributed by atoms with Crippen LogP contribution in [0.25, 0.3) is 0 Å². The summed E-state index contributed by atoms with van der Waals surface area (Å²) in [5, 5.41) is 0. The van der Waals surface area contributed by atoms with Crippen molar-refractivity contribution < 1.29 is 17.1 Å². The summed E-state index contributed by atoms with van der Waals surface area (Å²) in [7, 11) is 0. The van der Waals surface area contributed by atoms with Crippen molar-refractivity contribution in [3.05, 3.63) is 106 Å². The van der Waals surface area contributed by atoms with Crippen LogP contribution in [0.1, 0.15) is 91.6 Å². The Kier molecular flexibility index (Phi) is 14.2. The summed E-state index contributed by atoms with van der Waals surface area (Å²) in [4.78, 5) is 0. The molecule has 0 unspecified atom stereocenters. The first-order valence-electron chi connectivity index (χ1n) is 13.1. The van der Waals surface area contributed by atoms with E-state index in [4.69, 9.17) is 0 Å². The van der Waals surface area contributed by atoms with E-state index in [0.29, 0.717) is 0 Å². The fraction of sp³-hybridized carbons (Fsp3) is 0.429. The second-order valence-corrected chi connectivity index (χ2v) is 15.6. The summed E-state index contributed by atoms with van der Waals surface area (Å²) in [6, 6.07) is 15.2. The van der Waals surface area contributed by atoms with E-state index in [1.54, 1.807) is 29.4 Å². The van der Waals surface area contributed by atoms with Crippen LogP contribution in [0, 0.1) is 48.5 Å². The molecule has 3 aromatic carbocycles. The van der Waals surface area contributed by atoms with Crippen LogP contribution in [0.15, 0.2) is 55.6 Å². The summed E-state index contributed by atoms with van der Waals surface area (Å²) in [6.07, 6.45) is 0. The van der Waals surface area contributed by atoms with Gasteiger partial charge in [0.05, 0.1) is 0 Å². The zero-order chi connectivity index (χ0) is 28.0. The molecule has 0 heterocycles. The minimum absolute atomic E-state index is 0. The van der Waals surface area contributed by atoms with Gasteiger partial charge in [0.25, 0.3) is 0 Å². The second-order valence-electron chi connectivity index (χ2n) is 12.0. The normalized spacial score (nSPS) is 10.9. The monoisotopic (exact) mass is 646 g/mol. The van der Waals surface area contributed by atoms with Gasteiger partial charge in [-0.2, -0.15) is 0 Å². The minimum atomic E-state index is -0.945. The van der Waals surface area contributed by atoms with E-state index >= 15 is 0 Å². The molecule has 0 aromatic heterocycles. The molecule has 0 aliphatic carbocycles. The van der Waals surface area contributed by atoms with Gasteiger partial charge in [0.2, 0.25) is 0 Å². The topological polar surface area (TPSA) is 0 Å². The maximum absolute atomic E-state index is 3.00. The second kappa shape index (κ2) is 14.8. The van der Waals surface area contributed by atoms with Crippen molar-refractivity contribution in [2.45, 2.75) is 101 Å². The molecule has 37 heavy (non-hydrogen) atoms. The fourth-order valence-electron chi connectivity index (χ4n) is 4.33. The Hall–Kier alpha value is -1.28. The van der Waals surface area contributed by atoms with Crippen LogP contribution in [-0.2, 0) is 27.9 Å². The number of hydrogen-bond acceptors (Lipinski definition) is 0. The molecule has 0 saturated heterocycles. The third kappa shape index (κ3) is 9.45. The van der Waals surface area contributed by atoms with Crippen molar-refractivity contribution in [3.8, 4) is 0 Å². The van der Waals surface area contributed by atoms with Gasteiger partial charge in [-0.3, -0.25) is 0 Å². The van der Waals surface area contributed by atoms with Crippen molar-refractivity contribution in [1.82, 2.24) is 0 Å². The van der Waals surface area contributed by atoms with Gasteiger partial charge in [-0.05, 0) is 6.92 Å². The molecular weight excluding hydrogens is 595 g/mol. The SMILES string of the molecule is C=C.Cc1cc(C(C)(C)C)[c]([Sn][c]2c(C(C)(C)C)cc(C)c(C)c2C)c(C)c1C.Cc1ccccc1.[Fe+6]. The summed E-state index contributed by atoms with van der Waals surface area (Å²) in [6.45, 7) is 36.2. The fourth-order valence-corrected chi connectivity index (χ4v) is 10.5. The molecular formula is C35H50FeSn+6. The Morgan fingerprint density at radius 2 is 0.865 bits per heavy atom. The molecule has 2 radical (unpaired) electrons. The Morgan fingerprint density at radius 3 is 1.11 bits per heavy atom. The Bertz CT molecular complexity index is 1090. The molecule has 0 saturated carbocycles. The molecule has 196 valence electrons. The molecule has 0 fully saturated rings. The van der Waals surface area contributed by atoms with Crippen molar-refractivity contribution >= 4 is 28.3 Å². The van der Waals surface area contributed by atoms with Crippen LogP contribution < -0.4 is 7.16 Å². The van der Waals surface area contributed by atoms with Crippen LogP contribution in [0.5, 0.6) is 0 Å². The van der Waals surface area contributed by atoms with Gasteiger partial charge in [0.1, 0.15) is 0 Å². The first-order valence-corrected chi connectivity index (χ1v) is 15.9. The van der Waals surface area contributed by atoms with Crippen LogP contribution in [0.2, 0.25) is 0 Å². The third-order valence-electron chi connectivity index (χ3n) is 7.12. The number of rotatable bonds is 2. The van der Waals surface area contributed by atoms with E-state index in [-0.39, 0.29) is 27.9 Å². The van der Waals surface area contributed by atoms with Gasteiger partial charge < -0.3 is 0 Å². The zero-order valence-electron chi connectivity index (χ0n) is 25.8. The molecule has 0 nitrogen and oxygen atoms in total. The van der Waals surface area contributed by atoms with E-state index in [1.165, 1.54) is 27.8 Å². The van der Waals surface area contributed by atoms with E-state index in [1.807, 2.05) is 18.2 Å². The largest absolute Gasteiger partial charge is 6.00 e. The summed E-state index contributed by atoms with van der Waals surface area (Å²) in [5.41, 5.74) is 13.8. The average Bonchev–Trinajstić information content (AvgIpc) is 2.79. The van der Waals surface area contributed by atoms with Gasteiger partial charge in [-0.25, -0.2) is 0 Å². The van der Waals surface area contributed by atoms with Crippen LogP contribution in [0.4, 0.5) is 0 Å². The first-order chi connectivity index (χ1) is 16.6. The predicted octanol–water partition coefficient (Wildman–Crippen LogP) is 8.58. The predicted molar refractivity (Wildman–Crippen MR) is 166 cm³/mol. The molecule has 0 N–H and O–H groups in total. The minimum Gasteiger partial charge on any atom is -0.0622 e. The molecule has 0 spiro atoms. The molecule has 0 aliphatic heterocycles. The summed E-state index contributed by atoms with van der Waals surface area (Å²) >= 11 is -0.945. The maximum Gasteiger partial charge on any atom is 6.00 e. The quantitative estimate of drug-likeness (QED) is 0.194. The Morgan fingerprint density at radius 1 is 0.541 bits per heavy atom. The van der Waals surface area contributed by atoms with Gasteiger partial charge in [0.15, 0.2) is 0 Å². The molecule has 0 bridgehead atoms. The Labute approximate surface area is 250 Å². The maximum atomic E-state index is 3.00. The van der Waals surface area contributed by atoms with Crippen LogP contribution in [0.3, 0.4) is 0 Å².